The van der Waals surface area contributed by atoms with Gasteiger partial charge in [0.1, 0.15) is 0 Å². The third-order valence-electron chi connectivity index (χ3n) is 2.33. The first kappa shape index (κ1) is 10.7. The monoisotopic (exact) mass is 183 g/mol. The molecule has 2 nitrogen and oxygen atoms in total. The van der Waals surface area contributed by atoms with Crippen molar-refractivity contribution in [2.45, 2.75) is 45.3 Å². The average Bonchev–Trinajstić information content (AvgIpc) is 2.94. The molecule has 1 fully saturated rings. The molecule has 0 aromatic rings. The van der Waals surface area contributed by atoms with Crippen molar-refractivity contribution in [3.05, 3.63) is 12.2 Å². The van der Waals surface area contributed by atoms with E-state index in [-0.39, 0.29) is 0 Å². The Labute approximate surface area is 81.4 Å². The summed E-state index contributed by atoms with van der Waals surface area (Å²) in [6.07, 6.45) is 8.27. The first-order valence-corrected chi connectivity index (χ1v) is 5.33. The lowest BCUT2D eigenvalue weighted by molar-refractivity contribution is 0.0709. The summed E-state index contributed by atoms with van der Waals surface area (Å²) < 4.78 is 5.66. The summed E-state index contributed by atoms with van der Waals surface area (Å²) in [6.45, 7) is 5.96. The molecule has 1 unspecified atom stereocenters. The second kappa shape index (κ2) is 6.17. The van der Waals surface area contributed by atoms with Gasteiger partial charge in [0.05, 0.1) is 12.7 Å². The fourth-order valence-electron chi connectivity index (χ4n) is 1.19. The van der Waals surface area contributed by atoms with Crippen LogP contribution in [0.3, 0.4) is 0 Å². The Hall–Kier alpha value is -0.340. The van der Waals surface area contributed by atoms with Crippen LogP contribution in [0, 0.1) is 0 Å². The third kappa shape index (κ3) is 5.06. The molecule has 1 aliphatic carbocycles. The Balaban J connectivity index is 2.02. The van der Waals surface area contributed by atoms with E-state index in [1.807, 2.05) is 13.0 Å². The van der Waals surface area contributed by atoms with Crippen molar-refractivity contribution >= 4 is 0 Å². The number of nitrogens with one attached hydrogen (secondary N) is 1. The highest BCUT2D eigenvalue weighted by molar-refractivity contribution is 4.82. The van der Waals surface area contributed by atoms with Crippen molar-refractivity contribution in [1.29, 1.82) is 0 Å². The van der Waals surface area contributed by atoms with Gasteiger partial charge in [-0.3, -0.25) is 0 Å². The smallest absolute Gasteiger partial charge is 0.0701 e. The van der Waals surface area contributed by atoms with Crippen molar-refractivity contribution in [3.8, 4) is 0 Å². The molecule has 2 heteroatoms. The molecule has 0 bridgehead atoms. The summed E-state index contributed by atoms with van der Waals surface area (Å²) in [5, 5.41) is 3.49. The van der Waals surface area contributed by atoms with Crippen molar-refractivity contribution in [1.82, 2.24) is 5.32 Å². The van der Waals surface area contributed by atoms with Crippen LogP contribution in [0.2, 0.25) is 0 Å². The Morgan fingerprint density at radius 3 is 2.85 bits per heavy atom. The zero-order chi connectivity index (χ0) is 9.52. The topological polar surface area (TPSA) is 21.3 Å². The first-order chi connectivity index (χ1) is 6.36. The molecule has 0 radical (unpaired) electrons. The number of ether oxygens (including phenoxy) is 1. The van der Waals surface area contributed by atoms with Crippen LogP contribution < -0.4 is 5.32 Å². The molecule has 1 N–H and O–H groups in total. The van der Waals surface area contributed by atoms with Gasteiger partial charge in [0.15, 0.2) is 0 Å². The van der Waals surface area contributed by atoms with Crippen molar-refractivity contribution in [2.75, 3.05) is 13.2 Å². The van der Waals surface area contributed by atoms with E-state index >= 15 is 0 Å². The zero-order valence-corrected chi connectivity index (χ0v) is 8.75. The number of rotatable bonds is 7. The largest absolute Gasteiger partial charge is 0.373 e. The Morgan fingerprint density at radius 1 is 1.54 bits per heavy atom. The van der Waals surface area contributed by atoms with E-state index in [9.17, 15) is 0 Å². The highest BCUT2D eigenvalue weighted by Gasteiger charge is 2.21. The van der Waals surface area contributed by atoms with E-state index in [1.165, 1.54) is 12.8 Å². The molecule has 1 saturated carbocycles. The highest BCUT2D eigenvalue weighted by Crippen LogP contribution is 2.18. The summed E-state index contributed by atoms with van der Waals surface area (Å²) in [6, 6.07) is 0.791. The van der Waals surface area contributed by atoms with Gasteiger partial charge in [-0.15, -0.1) is 0 Å². The molecule has 0 aromatic heterocycles. The summed E-state index contributed by atoms with van der Waals surface area (Å²) in [5.41, 5.74) is 0. The van der Waals surface area contributed by atoms with Gasteiger partial charge in [-0.25, -0.2) is 0 Å². The van der Waals surface area contributed by atoms with Crippen LogP contribution in [-0.2, 0) is 4.74 Å². The van der Waals surface area contributed by atoms with Gasteiger partial charge in [-0.05, 0) is 26.2 Å². The van der Waals surface area contributed by atoms with E-state index in [4.69, 9.17) is 4.74 Å². The molecule has 13 heavy (non-hydrogen) atoms. The van der Waals surface area contributed by atoms with Crippen molar-refractivity contribution < 1.29 is 4.74 Å². The fraction of sp³-hybridized carbons (Fsp3) is 0.818. The van der Waals surface area contributed by atoms with Crippen LogP contribution in [0.4, 0.5) is 0 Å². The van der Waals surface area contributed by atoms with Gasteiger partial charge in [0, 0.05) is 12.6 Å². The standard InChI is InChI=1S/C11H21NO/c1-3-5-8-13-11(4-2)9-12-10-6-7-10/h3,5,10-12H,4,6-9H2,1-2H3. The summed E-state index contributed by atoms with van der Waals surface area (Å²) >= 11 is 0. The minimum atomic E-state index is 0.386. The Morgan fingerprint density at radius 2 is 2.31 bits per heavy atom. The van der Waals surface area contributed by atoms with Gasteiger partial charge >= 0.3 is 0 Å². The van der Waals surface area contributed by atoms with E-state index in [0.717, 1.165) is 25.6 Å². The number of allylic oxidation sites excluding steroid dienone is 1. The van der Waals surface area contributed by atoms with Gasteiger partial charge in [0.2, 0.25) is 0 Å². The predicted molar refractivity (Wildman–Crippen MR) is 55.9 cm³/mol. The Bertz CT molecular complexity index is 152. The van der Waals surface area contributed by atoms with Crippen LogP contribution in [0.1, 0.15) is 33.1 Å². The maximum atomic E-state index is 5.66. The molecule has 76 valence electrons. The molecule has 1 rings (SSSR count). The molecular formula is C11H21NO. The molecule has 1 atom stereocenters. The van der Waals surface area contributed by atoms with Crippen LogP contribution >= 0.6 is 0 Å². The molecular weight excluding hydrogens is 162 g/mol. The summed E-state index contributed by atoms with van der Waals surface area (Å²) in [5.74, 6) is 0. The van der Waals surface area contributed by atoms with E-state index < -0.39 is 0 Å². The normalized spacial score (nSPS) is 19.5. The first-order valence-electron chi connectivity index (χ1n) is 5.33. The highest BCUT2D eigenvalue weighted by atomic mass is 16.5. The second-order valence-corrected chi connectivity index (χ2v) is 3.62. The summed E-state index contributed by atoms with van der Waals surface area (Å²) in [4.78, 5) is 0. The van der Waals surface area contributed by atoms with Gasteiger partial charge < -0.3 is 10.1 Å². The predicted octanol–water partition coefficient (Wildman–Crippen LogP) is 2.11. The molecule has 0 saturated heterocycles. The van der Waals surface area contributed by atoms with Crippen molar-refractivity contribution in [3.63, 3.8) is 0 Å². The zero-order valence-electron chi connectivity index (χ0n) is 8.75. The number of hydrogen-bond donors (Lipinski definition) is 1. The molecule has 0 aliphatic heterocycles. The van der Waals surface area contributed by atoms with Gasteiger partial charge in [-0.2, -0.15) is 0 Å². The van der Waals surface area contributed by atoms with Crippen LogP contribution in [0.25, 0.3) is 0 Å². The lowest BCUT2D eigenvalue weighted by Crippen LogP contribution is -2.30. The molecule has 0 amide bonds. The lowest BCUT2D eigenvalue weighted by Gasteiger charge is -2.15. The minimum Gasteiger partial charge on any atom is -0.373 e. The van der Waals surface area contributed by atoms with E-state index in [1.54, 1.807) is 0 Å². The molecule has 0 aromatic carbocycles. The minimum absolute atomic E-state index is 0.386. The van der Waals surface area contributed by atoms with Gasteiger partial charge in [0.25, 0.3) is 0 Å². The van der Waals surface area contributed by atoms with Gasteiger partial charge in [-0.1, -0.05) is 19.1 Å². The number of hydrogen-bond acceptors (Lipinski definition) is 2. The Kier molecular flexibility index (Phi) is 5.09. The van der Waals surface area contributed by atoms with Crippen LogP contribution in [-0.4, -0.2) is 25.3 Å². The summed E-state index contributed by atoms with van der Waals surface area (Å²) in [7, 11) is 0. The maximum absolute atomic E-state index is 5.66. The van der Waals surface area contributed by atoms with Crippen LogP contribution in [0.5, 0.6) is 0 Å². The van der Waals surface area contributed by atoms with Crippen molar-refractivity contribution in [2.24, 2.45) is 0 Å². The fourth-order valence-corrected chi connectivity index (χ4v) is 1.19. The maximum Gasteiger partial charge on any atom is 0.0701 e. The molecule has 0 spiro atoms. The average molecular weight is 183 g/mol. The molecule has 1 aliphatic rings. The SMILES string of the molecule is CC=CCOC(CC)CNC1CC1. The quantitative estimate of drug-likeness (QED) is 0.610. The van der Waals surface area contributed by atoms with E-state index in [0.29, 0.717) is 6.10 Å². The third-order valence-corrected chi connectivity index (χ3v) is 2.33. The second-order valence-electron chi connectivity index (χ2n) is 3.62. The van der Waals surface area contributed by atoms with Crippen LogP contribution in [0.15, 0.2) is 12.2 Å². The molecule has 0 heterocycles. The van der Waals surface area contributed by atoms with E-state index in [2.05, 4.69) is 18.3 Å². The lowest BCUT2D eigenvalue weighted by atomic mass is 10.3.